The zero-order valence-corrected chi connectivity index (χ0v) is 24.5. The van der Waals surface area contributed by atoms with Crippen LogP contribution in [0.2, 0.25) is 0 Å². The molecule has 0 saturated heterocycles. The van der Waals surface area contributed by atoms with E-state index >= 15 is 0 Å². The van der Waals surface area contributed by atoms with Gasteiger partial charge in [-0.25, -0.2) is 0 Å². The van der Waals surface area contributed by atoms with Gasteiger partial charge in [0.2, 0.25) is 0 Å². The molecule has 3 aromatic rings. The van der Waals surface area contributed by atoms with Gasteiger partial charge >= 0.3 is 0 Å². The molecule has 0 bridgehead atoms. The highest BCUT2D eigenvalue weighted by molar-refractivity contribution is 7.99. The second kappa shape index (κ2) is 9.32. The number of fused-ring (bicyclic) bond motifs is 2. The van der Waals surface area contributed by atoms with E-state index in [4.69, 9.17) is 0 Å². The molecule has 0 fully saturated rings. The Morgan fingerprint density at radius 1 is 0.730 bits per heavy atom. The van der Waals surface area contributed by atoms with Crippen LogP contribution in [0.5, 0.6) is 5.75 Å². The van der Waals surface area contributed by atoms with Crippen LogP contribution in [-0.2, 0) is 10.8 Å². The molecule has 1 heterocycles. The highest BCUT2D eigenvalue weighted by atomic mass is 32.2. The van der Waals surface area contributed by atoms with Gasteiger partial charge in [-0.3, -0.25) is 9.69 Å². The Bertz CT molecular complexity index is 1270. The third-order valence-corrected chi connectivity index (χ3v) is 7.89. The molecule has 1 amide bonds. The summed E-state index contributed by atoms with van der Waals surface area (Å²) >= 11 is 1.69. The molecule has 3 aromatic carbocycles. The SMILES string of the molecule is CN(C)c1ccc2c(c1)Sc1cc(N(C)C)ccc1N2C(=O)c1cc(C(C)(C)C)c(O)c(C(C)(C)C)c1. The number of phenolic OH excluding ortho intramolecular Hbond substituents is 1. The van der Waals surface area contributed by atoms with Crippen molar-refractivity contribution in [3.05, 3.63) is 65.2 Å². The molecule has 6 heteroatoms. The van der Waals surface area contributed by atoms with E-state index in [-0.39, 0.29) is 22.5 Å². The maximum Gasteiger partial charge on any atom is 0.262 e. The van der Waals surface area contributed by atoms with Crippen LogP contribution in [0.25, 0.3) is 0 Å². The van der Waals surface area contributed by atoms with E-state index in [1.165, 1.54) is 0 Å². The Labute approximate surface area is 226 Å². The van der Waals surface area contributed by atoms with Crippen molar-refractivity contribution < 1.29 is 9.90 Å². The lowest BCUT2D eigenvalue weighted by Crippen LogP contribution is -2.30. The summed E-state index contributed by atoms with van der Waals surface area (Å²) in [4.78, 5) is 22.5. The topological polar surface area (TPSA) is 47.0 Å². The maximum atomic E-state index is 14.4. The van der Waals surface area contributed by atoms with Crippen LogP contribution in [0, 0.1) is 0 Å². The minimum Gasteiger partial charge on any atom is -0.507 e. The van der Waals surface area contributed by atoms with Gasteiger partial charge in [0.15, 0.2) is 0 Å². The summed E-state index contributed by atoms with van der Waals surface area (Å²) in [5, 5.41) is 11.2. The highest BCUT2D eigenvalue weighted by Crippen LogP contribution is 2.51. The number of nitrogens with zero attached hydrogens (tertiary/aromatic N) is 3. The van der Waals surface area contributed by atoms with Crippen molar-refractivity contribution in [3.8, 4) is 5.75 Å². The number of aromatic hydroxyl groups is 1. The molecule has 0 saturated carbocycles. The zero-order valence-electron chi connectivity index (χ0n) is 23.7. The number of benzene rings is 3. The summed E-state index contributed by atoms with van der Waals surface area (Å²) < 4.78 is 0. The number of hydrogen-bond acceptors (Lipinski definition) is 5. The van der Waals surface area contributed by atoms with Crippen LogP contribution >= 0.6 is 11.8 Å². The average molecular weight is 518 g/mol. The smallest absolute Gasteiger partial charge is 0.262 e. The van der Waals surface area contributed by atoms with E-state index in [9.17, 15) is 9.90 Å². The third kappa shape index (κ3) is 5.04. The second-order valence-corrected chi connectivity index (χ2v) is 13.3. The van der Waals surface area contributed by atoms with Gasteiger partial charge in [0.25, 0.3) is 5.91 Å². The quantitative estimate of drug-likeness (QED) is 0.388. The van der Waals surface area contributed by atoms with Gasteiger partial charge in [-0.1, -0.05) is 53.3 Å². The highest BCUT2D eigenvalue weighted by Gasteiger charge is 2.33. The molecule has 5 nitrogen and oxygen atoms in total. The first-order chi connectivity index (χ1) is 17.1. The molecular weight excluding hydrogens is 478 g/mol. The molecule has 0 unspecified atom stereocenters. The van der Waals surface area contributed by atoms with Crippen LogP contribution < -0.4 is 14.7 Å². The van der Waals surface area contributed by atoms with Crippen LogP contribution in [0.4, 0.5) is 22.7 Å². The van der Waals surface area contributed by atoms with Gasteiger partial charge in [-0.15, -0.1) is 0 Å². The van der Waals surface area contributed by atoms with Crippen molar-refractivity contribution >= 4 is 40.4 Å². The Balaban J connectivity index is 1.96. The van der Waals surface area contributed by atoms with Crippen molar-refractivity contribution in [2.45, 2.75) is 62.2 Å². The van der Waals surface area contributed by atoms with Gasteiger partial charge in [-0.05, 0) is 59.4 Å². The van der Waals surface area contributed by atoms with E-state index in [1.807, 2.05) is 57.4 Å². The zero-order chi connectivity index (χ0) is 27.4. The number of amides is 1. The minimum atomic E-state index is -0.324. The predicted octanol–water partition coefficient (Wildman–Crippen LogP) is 7.56. The fourth-order valence-electron chi connectivity index (χ4n) is 4.59. The minimum absolute atomic E-state index is 0.103. The molecule has 196 valence electrons. The van der Waals surface area contributed by atoms with E-state index in [2.05, 4.69) is 75.6 Å². The molecule has 0 aliphatic carbocycles. The lowest BCUT2D eigenvalue weighted by molar-refractivity contribution is 0.0998. The van der Waals surface area contributed by atoms with Gasteiger partial charge < -0.3 is 14.9 Å². The summed E-state index contributed by atoms with van der Waals surface area (Å²) in [6.45, 7) is 12.4. The van der Waals surface area contributed by atoms with Gasteiger partial charge in [0, 0.05) is 66.0 Å². The largest absolute Gasteiger partial charge is 0.507 e. The lowest BCUT2D eigenvalue weighted by Gasteiger charge is -2.34. The molecule has 0 spiro atoms. The van der Waals surface area contributed by atoms with Crippen molar-refractivity contribution in [3.63, 3.8) is 0 Å². The number of rotatable bonds is 3. The summed E-state index contributed by atoms with van der Waals surface area (Å²) in [6, 6.07) is 16.2. The molecule has 4 rings (SSSR count). The van der Waals surface area contributed by atoms with E-state index < -0.39 is 0 Å². The van der Waals surface area contributed by atoms with Crippen molar-refractivity contribution in [1.82, 2.24) is 0 Å². The van der Waals surface area contributed by atoms with Crippen LogP contribution in [-0.4, -0.2) is 39.2 Å². The number of hydrogen-bond donors (Lipinski definition) is 1. The molecule has 1 aliphatic heterocycles. The van der Waals surface area contributed by atoms with Crippen molar-refractivity contribution in [1.29, 1.82) is 0 Å². The molecule has 1 N–H and O–H groups in total. The first kappa shape index (κ1) is 26.9. The predicted molar refractivity (Wildman–Crippen MR) is 158 cm³/mol. The number of anilines is 4. The molecule has 37 heavy (non-hydrogen) atoms. The lowest BCUT2D eigenvalue weighted by atomic mass is 9.78. The first-order valence-electron chi connectivity index (χ1n) is 12.6. The summed E-state index contributed by atoms with van der Waals surface area (Å²) in [5.74, 6) is 0.173. The summed E-state index contributed by atoms with van der Waals surface area (Å²) in [5.41, 5.74) is 5.39. The Morgan fingerprint density at radius 3 is 1.49 bits per heavy atom. The third-order valence-electron chi connectivity index (χ3n) is 6.80. The Kier molecular flexibility index (Phi) is 6.78. The molecule has 0 atom stereocenters. The van der Waals surface area contributed by atoms with Gasteiger partial charge in [0.05, 0.1) is 11.4 Å². The Hall–Kier alpha value is -3.12. The second-order valence-electron chi connectivity index (χ2n) is 12.3. The Morgan fingerprint density at radius 2 is 1.14 bits per heavy atom. The van der Waals surface area contributed by atoms with E-state index in [0.717, 1.165) is 43.7 Å². The molecule has 1 aliphatic rings. The van der Waals surface area contributed by atoms with Crippen LogP contribution in [0.15, 0.2) is 58.3 Å². The molecule has 0 radical (unpaired) electrons. The fraction of sp³-hybridized carbons (Fsp3) is 0.387. The van der Waals surface area contributed by atoms with Crippen LogP contribution in [0.3, 0.4) is 0 Å². The standard InChI is InChI=1S/C31H39N3O2S/c1-30(2,3)22-15-19(16-23(28(22)35)31(4,5)6)29(36)34-24-13-11-20(32(7)8)17-26(24)37-27-18-21(33(9)10)12-14-25(27)34/h11-18,35H,1-10H3. The van der Waals surface area contributed by atoms with Gasteiger partial charge in [-0.2, -0.15) is 0 Å². The van der Waals surface area contributed by atoms with Crippen molar-refractivity contribution in [2.75, 3.05) is 42.9 Å². The normalized spacial score (nSPS) is 13.2. The number of phenols is 1. The number of carbonyl (C=O) groups is 1. The first-order valence-corrected chi connectivity index (χ1v) is 13.4. The van der Waals surface area contributed by atoms with E-state index in [0.29, 0.717) is 5.56 Å². The summed E-state index contributed by atoms with van der Waals surface area (Å²) in [6.07, 6.45) is 0. The average Bonchev–Trinajstić information content (AvgIpc) is 2.79. The van der Waals surface area contributed by atoms with Crippen molar-refractivity contribution in [2.24, 2.45) is 0 Å². The number of carbonyl (C=O) groups excluding carboxylic acids is 1. The molecule has 0 aromatic heterocycles. The van der Waals surface area contributed by atoms with Gasteiger partial charge in [0.1, 0.15) is 5.75 Å². The fourth-order valence-corrected chi connectivity index (χ4v) is 5.72. The van der Waals surface area contributed by atoms with E-state index in [1.54, 1.807) is 11.8 Å². The maximum absolute atomic E-state index is 14.4. The molecular formula is C31H39N3O2S. The monoisotopic (exact) mass is 517 g/mol. The summed E-state index contributed by atoms with van der Waals surface area (Å²) in [7, 11) is 8.09. The van der Waals surface area contributed by atoms with Crippen LogP contribution in [0.1, 0.15) is 63.0 Å².